The minimum atomic E-state index is -0.0612. The fraction of sp³-hybridized carbons (Fsp3) is 0. The summed E-state index contributed by atoms with van der Waals surface area (Å²) in [6, 6.07) is 9.74. The van der Waals surface area contributed by atoms with Crippen molar-refractivity contribution in [2.75, 3.05) is 0 Å². The first-order chi connectivity index (χ1) is 7.84. The molecular weight excluding hydrogens is 222 g/mol. The highest BCUT2D eigenvalue weighted by Crippen LogP contribution is 2.01. The summed E-state index contributed by atoms with van der Waals surface area (Å²) < 4.78 is 2.13. The van der Waals surface area contributed by atoms with Gasteiger partial charge in [-0.05, 0) is 11.6 Å². The number of benzene rings is 1. The van der Waals surface area contributed by atoms with Crippen LogP contribution in [0.2, 0.25) is 0 Å². The Hall–Kier alpha value is -2.01. The lowest BCUT2D eigenvalue weighted by Gasteiger charge is -1.87. The van der Waals surface area contributed by atoms with E-state index in [0.29, 0.717) is 9.49 Å². The molecule has 4 nitrogen and oxygen atoms in total. The number of hydrogen-bond donors (Lipinski definition) is 0. The maximum absolute atomic E-state index is 11.9. The molecule has 0 atom stereocenters. The van der Waals surface area contributed by atoms with Crippen LogP contribution in [0.5, 0.6) is 0 Å². The molecule has 5 heteroatoms. The highest BCUT2D eigenvalue weighted by Gasteiger charge is 2.03. The van der Waals surface area contributed by atoms with Gasteiger partial charge in [0.05, 0.1) is 4.53 Å². The van der Waals surface area contributed by atoms with Gasteiger partial charge >= 0.3 is 0 Å². The van der Waals surface area contributed by atoms with Crippen LogP contribution in [-0.4, -0.2) is 14.6 Å². The van der Waals surface area contributed by atoms with Gasteiger partial charge in [-0.3, -0.25) is 4.79 Å². The molecule has 1 aromatic carbocycles. The molecule has 0 N–H and O–H groups in total. The molecule has 78 valence electrons. The average Bonchev–Trinajstić information content (AvgIpc) is 2.86. The second-order valence-corrected chi connectivity index (χ2v) is 4.32. The van der Waals surface area contributed by atoms with Gasteiger partial charge in [0.25, 0.3) is 5.56 Å². The van der Waals surface area contributed by atoms with Crippen molar-refractivity contribution in [3.05, 3.63) is 57.1 Å². The predicted molar refractivity (Wildman–Crippen MR) is 62.4 cm³/mol. The summed E-state index contributed by atoms with van der Waals surface area (Å²) in [6.45, 7) is 0. The quantitative estimate of drug-likeness (QED) is 0.617. The fourth-order valence-electron chi connectivity index (χ4n) is 1.49. The largest absolute Gasteiger partial charge is 0.275 e. The van der Waals surface area contributed by atoms with Gasteiger partial charge in [0.2, 0.25) is 4.96 Å². The molecule has 2 heterocycles. The molecule has 0 aliphatic carbocycles. The molecule has 0 unspecified atom stereocenters. The zero-order valence-corrected chi connectivity index (χ0v) is 9.02. The third-order valence-corrected chi connectivity index (χ3v) is 3.22. The van der Waals surface area contributed by atoms with Crippen LogP contribution in [0.1, 0.15) is 5.56 Å². The van der Waals surface area contributed by atoms with E-state index in [2.05, 4.69) is 10.2 Å². The monoisotopic (exact) mass is 229 g/mol. The minimum Gasteiger partial charge on any atom is -0.267 e. The normalized spacial score (nSPS) is 12.4. The molecule has 2 aromatic heterocycles. The van der Waals surface area contributed by atoms with Crippen LogP contribution in [0.3, 0.4) is 0 Å². The van der Waals surface area contributed by atoms with Crippen LogP contribution in [0.15, 0.2) is 41.5 Å². The van der Waals surface area contributed by atoms with E-state index in [9.17, 15) is 4.79 Å². The Morgan fingerprint density at radius 1 is 1.25 bits per heavy atom. The predicted octanol–water partition coefficient (Wildman–Crippen LogP) is 0.699. The van der Waals surface area contributed by atoms with Crippen molar-refractivity contribution in [3.8, 4) is 0 Å². The third-order valence-electron chi connectivity index (χ3n) is 2.24. The van der Waals surface area contributed by atoms with Crippen molar-refractivity contribution in [1.82, 2.24) is 14.6 Å². The SMILES string of the molecule is O=c1/c(=C\c2ccccc2)sc2nncn12. The second-order valence-electron chi connectivity index (χ2n) is 3.31. The first-order valence-corrected chi connectivity index (χ1v) is 5.55. The van der Waals surface area contributed by atoms with Gasteiger partial charge in [0.1, 0.15) is 6.33 Å². The Morgan fingerprint density at radius 3 is 2.81 bits per heavy atom. The van der Waals surface area contributed by atoms with Crippen LogP contribution < -0.4 is 10.1 Å². The molecule has 0 spiro atoms. The van der Waals surface area contributed by atoms with E-state index in [4.69, 9.17) is 0 Å². The van der Waals surface area contributed by atoms with E-state index >= 15 is 0 Å². The van der Waals surface area contributed by atoms with Gasteiger partial charge in [-0.25, -0.2) is 4.40 Å². The van der Waals surface area contributed by atoms with E-state index in [0.717, 1.165) is 5.56 Å². The molecule has 0 saturated heterocycles. The van der Waals surface area contributed by atoms with Crippen molar-refractivity contribution in [1.29, 1.82) is 0 Å². The summed E-state index contributed by atoms with van der Waals surface area (Å²) >= 11 is 1.35. The summed E-state index contributed by atoms with van der Waals surface area (Å²) in [5.74, 6) is 0. The molecule has 0 saturated carbocycles. The summed E-state index contributed by atoms with van der Waals surface area (Å²) in [4.78, 5) is 12.5. The topological polar surface area (TPSA) is 47.3 Å². The molecule has 0 fully saturated rings. The van der Waals surface area contributed by atoms with E-state index in [-0.39, 0.29) is 5.56 Å². The lowest BCUT2D eigenvalue weighted by molar-refractivity contribution is 1.08. The van der Waals surface area contributed by atoms with Gasteiger partial charge in [0, 0.05) is 0 Å². The summed E-state index contributed by atoms with van der Waals surface area (Å²) in [5, 5.41) is 7.53. The van der Waals surface area contributed by atoms with Crippen molar-refractivity contribution in [3.63, 3.8) is 0 Å². The average molecular weight is 229 g/mol. The molecule has 0 amide bonds. The van der Waals surface area contributed by atoms with Gasteiger partial charge < -0.3 is 0 Å². The molecule has 0 radical (unpaired) electrons. The molecule has 16 heavy (non-hydrogen) atoms. The lowest BCUT2D eigenvalue weighted by atomic mass is 10.2. The van der Waals surface area contributed by atoms with Crippen molar-refractivity contribution < 1.29 is 0 Å². The standard InChI is InChI=1S/C11H7N3OS/c15-10-9(6-8-4-2-1-3-5-8)16-11-13-12-7-14(10)11/h1-7H/b9-6+. The Morgan fingerprint density at radius 2 is 2.06 bits per heavy atom. The van der Waals surface area contributed by atoms with E-state index in [1.165, 1.54) is 22.1 Å². The van der Waals surface area contributed by atoms with Crippen molar-refractivity contribution in [2.45, 2.75) is 0 Å². The lowest BCUT2D eigenvalue weighted by Crippen LogP contribution is -2.22. The van der Waals surface area contributed by atoms with Gasteiger partial charge in [-0.15, -0.1) is 10.2 Å². The maximum Gasteiger partial charge on any atom is 0.275 e. The molecule has 0 aliphatic rings. The van der Waals surface area contributed by atoms with Crippen LogP contribution in [0, 0.1) is 0 Å². The number of rotatable bonds is 1. The molecule has 0 bridgehead atoms. The first kappa shape index (κ1) is 9.23. The second kappa shape index (κ2) is 3.53. The smallest absolute Gasteiger partial charge is 0.267 e. The Bertz CT molecular complexity index is 730. The summed E-state index contributed by atoms with van der Waals surface area (Å²) in [5.41, 5.74) is 0.950. The molecule has 0 aliphatic heterocycles. The minimum absolute atomic E-state index is 0.0612. The summed E-state index contributed by atoms with van der Waals surface area (Å²) in [7, 11) is 0. The zero-order chi connectivity index (χ0) is 11.0. The van der Waals surface area contributed by atoms with Gasteiger partial charge in [0.15, 0.2) is 0 Å². The molecule has 3 aromatic rings. The fourth-order valence-corrected chi connectivity index (χ4v) is 2.38. The van der Waals surface area contributed by atoms with Crippen molar-refractivity contribution >= 4 is 22.4 Å². The third kappa shape index (κ3) is 1.42. The van der Waals surface area contributed by atoms with Crippen LogP contribution in [0.25, 0.3) is 11.0 Å². The number of nitrogens with zero attached hydrogens (tertiary/aromatic N) is 3. The Kier molecular flexibility index (Phi) is 2.04. The maximum atomic E-state index is 11.9. The first-order valence-electron chi connectivity index (χ1n) is 4.74. The number of hydrogen-bond acceptors (Lipinski definition) is 4. The van der Waals surface area contributed by atoms with Gasteiger partial charge in [-0.1, -0.05) is 41.7 Å². The summed E-state index contributed by atoms with van der Waals surface area (Å²) in [6.07, 6.45) is 3.30. The zero-order valence-electron chi connectivity index (χ0n) is 8.20. The number of aromatic nitrogens is 3. The number of thiazole rings is 1. The highest BCUT2D eigenvalue weighted by molar-refractivity contribution is 7.15. The van der Waals surface area contributed by atoms with E-state index in [1.54, 1.807) is 0 Å². The van der Waals surface area contributed by atoms with Gasteiger partial charge in [-0.2, -0.15) is 0 Å². The van der Waals surface area contributed by atoms with E-state index in [1.807, 2.05) is 36.4 Å². The Labute approximate surface area is 94.5 Å². The highest BCUT2D eigenvalue weighted by atomic mass is 32.1. The van der Waals surface area contributed by atoms with Crippen molar-refractivity contribution in [2.24, 2.45) is 0 Å². The Balaban J connectivity index is 2.27. The van der Waals surface area contributed by atoms with Crippen LogP contribution in [0.4, 0.5) is 0 Å². The number of fused-ring (bicyclic) bond motifs is 1. The molecular formula is C11H7N3OS. The van der Waals surface area contributed by atoms with E-state index < -0.39 is 0 Å². The van der Waals surface area contributed by atoms with Crippen LogP contribution >= 0.6 is 11.3 Å². The molecule has 3 rings (SSSR count). The van der Waals surface area contributed by atoms with Crippen LogP contribution in [-0.2, 0) is 0 Å².